The molecule has 1 aromatic heterocycles. The molecule has 0 aliphatic heterocycles. The minimum atomic E-state index is -3.43. The molecular weight excluding hydrogens is 274 g/mol. The summed E-state index contributed by atoms with van der Waals surface area (Å²) in [5, 5.41) is -0.421. The number of fused-ring (bicyclic) bond motifs is 1. The van der Waals surface area contributed by atoms with E-state index >= 15 is 0 Å². The molecule has 0 amide bonds. The van der Waals surface area contributed by atoms with Crippen molar-refractivity contribution >= 4 is 21.6 Å². The second-order valence-corrected chi connectivity index (χ2v) is 8.01. The first-order chi connectivity index (χ1) is 8.22. The van der Waals surface area contributed by atoms with Crippen LogP contribution in [0.3, 0.4) is 0 Å². The van der Waals surface area contributed by atoms with Gasteiger partial charge in [0.25, 0.3) is 0 Å². The molecule has 0 saturated carbocycles. The predicted molar refractivity (Wildman–Crippen MR) is 71.1 cm³/mol. The van der Waals surface area contributed by atoms with Gasteiger partial charge in [0.15, 0.2) is 0 Å². The van der Waals surface area contributed by atoms with Crippen molar-refractivity contribution in [3.63, 3.8) is 0 Å². The molecule has 0 saturated heterocycles. The van der Waals surface area contributed by atoms with Crippen LogP contribution < -0.4 is 4.72 Å². The quantitative estimate of drug-likeness (QED) is 0.871. The second kappa shape index (κ2) is 4.54. The number of aryl methyl sites for hydroxylation is 1. The fourth-order valence-corrected chi connectivity index (χ4v) is 3.43. The van der Waals surface area contributed by atoms with E-state index in [9.17, 15) is 8.42 Å². The Kier molecular flexibility index (Phi) is 3.51. The van der Waals surface area contributed by atoms with Crippen LogP contribution in [-0.2, 0) is 16.4 Å². The molecule has 1 atom stereocenters. The van der Waals surface area contributed by atoms with Crippen LogP contribution in [0.1, 0.15) is 43.4 Å². The number of alkyl halides is 1. The summed E-state index contributed by atoms with van der Waals surface area (Å²) in [6, 6.07) is 1.66. The molecule has 2 rings (SSSR count). The number of halogens is 1. The summed E-state index contributed by atoms with van der Waals surface area (Å²) < 4.78 is 31.5. The number of hydrogen-bond acceptors (Lipinski definition) is 3. The van der Waals surface area contributed by atoms with Gasteiger partial charge in [0.05, 0.1) is 6.04 Å². The Morgan fingerprint density at radius 2 is 2.22 bits per heavy atom. The molecule has 0 fully saturated rings. The average Bonchev–Trinajstić information content (AvgIpc) is 2.56. The van der Waals surface area contributed by atoms with Gasteiger partial charge < -0.3 is 4.42 Å². The van der Waals surface area contributed by atoms with Gasteiger partial charge in [-0.05, 0) is 24.8 Å². The Bertz CT molecular complexity index is 548. The van der Waals surface area contributed by atoms with Gasteiger partial charge in [-0.15, -0.1) is 11.6 Å². The fraction of sp³-hybridized carbons (Fsp3) is 0.667. The summed E-state index contributed by atoms with van der Waals surface area (Å²) in [7, 11) is -3.43. The topological polar surface area (TPSA) is 59.3 Å². The first kappa shape index (κ1) is 13.9. The Hall–Kier alpha value is -0.520. The van der Waals surface area contributed by atoms with Gasteiger partial charge in [0.1, 0.15) is 16.7 Å². The van der Waals surface area contributed by atoms with Crippen molar-refractivity contribution in [2.24, 2.45) is 5.41 Å². The van der Waals surface area contributed by atoms with Crippen LogP contribution in [0, 0.1) is 12.3 Å². The Balaban J connectivity index is 2.36. The van der Waals surface area contributed by atoms with E-state index in [1.807, 2.05) is 13.0 Å². The fourth-order valence-electron chi connectivity index (χ4n) is 2.54. The standard InChI is InChI=1S/C12H18ClNO3S/c1-8-4-9-10(14-18(15,16)7-13)5-12(2,3)6-11(9)17-8/h4,10,14H,5-7H2,1-3H3. The number of rotatable bonds is 3. The van der Waals surface area contributed by atoms with E-state index in [0.29, 0.717) is 0 Å². The van der Waals surface area contributed by atoms with Crippen LogP contribution in [0.15, 0.2) is 10.5 Å². The predicted octanol–water partition coefficient (Wildman–Crippen LogP) is 2.72. The first-order valence-electron chi connectivity index (χ1n) is 5.88. The lowest BCUT2D eigenvalue weighted by atomic mass is 9.75. The third kappa shape index (κ3) is 2.90. The Labute approximate surface area is 113 Å². The molecular formula is C12H18ClNO3S. The van der Waals surface area contributed by atoms with E-state index in [1.54, 1.807) is 0 Å². The van der Waals surface area contributed by atoms with Crippen molar-refractivity contribution in [1.82, 2.24) is 4.72 Å². The van der Waals surface area contributed by atoms with Crippen molar-refractivity contribution in [3.8, 4) is 0 Å². The van der Waals surface area contributed by atoms with E-state index in [0.717, 1.165) is 29.9 Å². The smallest absolute Gasteiger partial charge is 0.226 e. The molecule has 0 bridgehead atoms. The molecule has 0 spiro atoms. The summed E-state index contributed by atoms with van der Waals surface area (Å²) in [6.07, 6.45) is 1.57. The van der Waals surface area contributed by atoms with E-state index in [-0.39, 0.29) is 11.5 Å². The average molecular weight is 292 g/mol. The SMILES string of the molecule is Cc1cc2c(o1)CC(C)(C)CC2NS(=O)(=O)CCl. The second-order valence-electron chi connectivity index (χ2n) is 5.67. The molecule has 4 nitrogen and oxygen atoms in total. The van der Waals surface area contributed by atoms with Crippen molar-refractivity contribution in [2.45, 2.75) is 39.7 Å². The molecule has 1 unspecified atom stereocenters. The Morgan fingerprint density at radius 3 is 2.83 bits per heavy atom. The third-order valence-electron chi connectivity index (χ3n) is 3.20. The van der Waals surface area contributed by atoms with Crippen LogP contribution in [-0.4, -0.2) is 13.6 Å². The van der Waals surface area contributed by atoms with Crippen LogP contribution in [0.5, 0.6) is 0 Å². The number of sulfonamides is 1. The summed E-state index contributed by atoms with van der Waals surface area (Å²) in [4.78, 5) is 0. The lowest BCUT2D eigenvalue weighted by molar-refractivity contribution is 0.247. The van der Waals surface area contributed by atoms with Crippen LogP contribution >= 0.6 is 11.6 Å². The highest BCUT2D eigenvalue weighted by atomic mass is 35.5. The normalized spacial score (nSPS) is 22.8. The van der Waals surface area contributed by atoms with Gasteiger partial charge in [-0.2, -0.15) is 0 Å². The largest absolute Gasteiger partial charge is 0.466 e. The highest BCUT2D eigenvalue weighted by molar-refractivity contribution is 7.90. The monoisotopic (exact) mass is 291 g/mol. The molecule has 6 heteroatoms. The van der Waals surface area contributed by atoms with Crippen LogP contribution in [0.25, 0.3) is 0 Å². The summed E-state index contributed by atoms with van der Waals surface area (Å²) in [5.74, 6) is 1.69. The van der Waals surface area contributed by atoms with E-state index in [4.69, 9.17) is 16.0 Å². The molecule has 0 aromatic carbocycles. The maximum Gasteiger partial charge on any atom is 0.226 e. The zero-order valence-corrected chi connectivity index (χ0v) is 12.4. The molecule has 1 heterocycles. The molecule has 1 aliphatic carbocycles. The molecule has 1 aliphatic rings. The van der Waals surface area contributed by atoms with E-state index in [1.165, 1.54) is 0 Å². The maximum atomic E-state index is 11.6. The first-order valence-corrected chi connectivity index (χ1v) is 8.06. The molecule has 0 radical (unpaired) electrons. The van der Waals surface area contributed by atoms with Crippen molar-refractivity contribution in [1.29, 1.82) is 0 Å². The van der Waals surface area contributed by atoms with Gasteiger partial charge in [-0.3, -0.25) is 0 Å². The van der Waals surface area contributed by atoms with Gasteiger partial charge in [-0.1, -0.05) is 13.8 Å². The number of nitrogens with one attached hydrogen (secondary N) is 1. The molecule has 102 valence electrons. The minimum absolute atomic E-state index is 0.0107. The lowest BCUT2D eigenvalue weighted by Crippen LogP contribution is -2.36. The van der Waals surface area contributed by atoms with E-state index < -0.39 is 15.2 Å². The van der Waals surface area contributed by atoms with Crippen LogP contribution in [0.2, 0.25) is 0 Å². The number of furan rings is 1. The molecule has 18 heavy (non-hydrogen) atoms. The molecule has 1 N–H and O–H groups in total. The summed E-state index contributed by atoms with van der Waals surface area (Å²) in [5.41, 5.74) is 0.956. The van der Waals surface area contributed by atoms with Gasteiger partial charge in [0, 0.05) is 12.0 Å². The third-order valence-corrected chi connectivity index (χ3v) is 4.99. The lowest BCUT2D eigenvalue weighted by Gasteiger charge is -2.34. The molecule has 1 aromatic rings. The summed E-state index contributed by atoms with van der Waals surface area (Å²) in [6.45, 7) is 6.09. The van der Waals surface area contributed by atoms with Gasteiger partial charge in [-0.25, -0.2) is 13.1 Å². The van der Waals surface area contributed by atoms with Crippen LogP contribution in [0.4, 0.5) is 0 Å². The zero-order chi connectivity index (χ0) is 13.6. The van der Waals surface area contributed by atoms with Gasteiger partial charge in [0.2, 0.25) is 10.0 Å². The Morgan fingerprint density at radius 1 is 1.56 bits per heavy atom. The zero-order valence-electron chi connectivity index (χ0n) is 10.8. The van der Waals surface area contributed by atoms with Crippen molar-refractivity contribution in [2.75, 3.05) is 5.21 Å². The van der Waals surface area contributed by atoms with Crippen molar-refractivity contribution < 1.29 is 12.8 Å². The maximum absolute atomic E-state index is 11.6. The van der Waals surface area contributed by atoms with E-state index in [2.05, 4.69) is 18.6 Å². The van der Waals surface area contributed by atoms with Crippen molar-refractivity contribution in [3.05, 3.63) is 23.2 Å². The highest BCUT2D eigenvalue weighted by Crippen LogP contribution is 2.42. The number of hydrogen-bond donors (Lipinski definition) is 1. The highest BCUT2D eigenvalue weighted by Gasteiger charge is 2.36. The van der Waals surface area contributed by atoms with Gasteiger partial charge >= 0.3 is 0 Å². The minimum Gasteiger partial charge on any atom is -0.466 e. The summed E-state index contributed by atoms with van der Waals surface area (Å²) >= 11 is 5.44.